The fraction of sp³-hybridized carbons (Fsp3) is 0. The summed E-state index contributed by atoms with van der Waals surface area (Å²) in [6, 6.07) is 7.42. The Hall–Kier alpha value is -2.35. The number of nitro benzene ring substituents is 1. The highest BCUT2D eigenvalue weighted by Crippen LogP contribution is 2.26. The van der Waals surface area contributed by atoms with Gasteiger partial charge in [0.05, 0.1) is 16.7 Å². The van der Waals surface area contributed by atoms with Crippen LogP contribution < -0.4 is 5.32 Å². The molecule has 21 heavy (non-hydrogen) atoms. The molecule has 0 aliphatic heterocycles. The first-order valence-corrected chi connectivity index (χ1v) is 6.38. The van der Waals surface area contributed by atoms with E-state index in [2.05, 4.69) is 21.2 Å². The van der Waals surface area contributed by atoms with Gasteiger partial charge >= 0.3 is 0 Å². The molecular weight excluding hydrogens is 350 g/mol. The van der Waals surface area contributed by atoms with Gasteiger partial charge in [-0.2, -0.15) is 0 Å². The van der Waals surface area contributed by atoms with Crippen molar-refractivity contribution in [3.63, 3.8) is 0 Å². The highest BCUT2D eigenvalue weighted by atomic mass is 79.9. The minimum absolute atomic E-state index is 0.349. The summed E-state index contributed by atoms with van der Waals surface area (Å²) in [5.41, 5.74) is -1.02. The Morgan fingerprint density at radius 3 is 2.43 bits per heavy atom. The fourth-order valence-electron chi connectivity index (χ4n) is 1.62. The first-order chi connectivity index (χ1) is 9.90. The molecule has 1 N–H and O–H groups in total. The Kier molecular flexibility index (Phi) is 4.27. The van der Waals surface area contributed by atoms with Crippen LogP contribution in [0.25, 0.3) is 0 Å². The largest absolute Gasteiger partial charge is 0.321 e. The van der Waals surface area contributed by atoms with Gasteiger partial charge in [-0.1, -0.05) is 12.1 Å². The fourth-order valence-corrected chi connectivity index (χ4v) is 2.01. The molecule has 1 amide bonds. The molecule has 5 nitrogen and oxygen atoms in total. The lowest BCUT2D eigenvalue weighted by atomic mass is 10.1. The smallest absolute Gasteiger partial charge is 0.285 e. The van der Waals surface area contributed by atoms with Gasteiger partial charge < -0.3 is 5.32 Å². The molecule has 0 atom stereocenters. The zero-order valence-corrected chi connectivity index (χ0v) is 11.9. The number of carbonyl (C=O) groups is 1. The maximum absolute atomic E-state index is 13.2. The normalized spacial score (nSPS) is 10.2. The summed E-state index contributed by atoms with van der Waals surface area (Å²) < 4.78 is 26.8. The molecule has 2 aromatic rings. The zero-order chi connectivity index (χ0) is 15.6. The molecule has 0 aliphatic rings. The van der Waals surface area contributed by atoms with E-state index < -0.39 is 33.7 Å². The van der Waals surface area contributed by atoms with Crippen molar-refractivity contribution < 1.29 is 18.5 Å². The Bertz CT molecular complexity index is 737. The van der Waals surface area contributed by atoms with E-state index in [1.165, 1.54) is 0 Å². The van der Waals surface area contributed by atoms with Gasteiger partial charge in [-0.25, -0.2) is 8.78 Å². The molecule has 0 saturated heterocycles. The lowest BCUT2D eigenvalue weighted by Gasteiger charge is -2.08. The van der Waals surface area contributed by atoms with E-state index in [9.17, 15) is 23.7 Å². The van der Waals surface area contributed by atoms with Crippen LogP contribution in [0.1, 0.15) is 10.4 Å². The second kappa shape index (κ2) is 5.96. The summed E-state index contributed by atoms with van der Waals surface area (Å²) in [5, 5.41) is 13.2. The molecular formula is C13H7BrF2N2O3. The topological polar surface area (TPSA) is 72.2 Å². The molecule has 8 heteroatoms. The Morgan fingerprint density at radius 2 is 1.81 bits per heavy atom. The third-order valence-electron chi connectivity index (χ3n) is 2.60. The summed E-state index contributed by atoms with van der Waals surface area (Å²) in [6.07, 6.45) is 0. The van der Waals surface area contributed by atoms with Crippen LogP contribution in [-0.4, -0.2) is 10.8 Å². The van der Waals surface area contributed by atoms with Crippen molar-refractivity contribution in [3.8, 4) is 0 Å². The summed E-state index contributed by atoms with van der Waals surface area (Å²) in [6.45, 7) is 0. The summed E-state index contributed by atoms with van der Waals surface area (Å²) in [5.74, 6) is -3.63. The van der Waals surface area contributed by atoms with Crippen LogP contribution in [0.5, 0.6) is 0 Å². The Morgan fingerprint density at radius 1 is 1.19 bits per heavy atom. The number of rotatable bonds is 3. The van der Waals surface area contributed by atoms with E-state index in [0.29, 0.717) is 22.3 Å². The molecule has 0 heterocycles. The number of halogens is 3. The van der Waals surface area contributed by atoms with Gasteiger partial charge in [-0.05, 0) is 34.1 Å². The molecule has 0 unspecified atom stereocenters. The van der Waals surface area contributed by atoms with E-state index in [4.69, 9.17) is 0 Å². The average Bonchev–Trinajstić information content (AvgIpc) is 2.43. The van der Waals surface area contributed by atoms with Crippen LogP contribution in [0, 0.1) is 21.7 Å². The minimum atomic E-state index is -1.39. The number of hydrogen-bond donors (Lipinski definition) is 1. The second-order valence-corrected chi connectivity index (χ2v) is 4.83. The van der Waals surface area contributed by atoms with Crippen LogP contribution in [0.15, 0.2) is 40.9 Å². The number of benzene rings is 2. The SMILES string of the molecule is O=C(Nc1ccccc1Br)c1cc(F)c(F)cc1[N+](=O)[O-]. The molecule has 0 radical (unpaired) electrons. The van der Waals surface area contributed by atoms with Crippen LogP contribution in [0.3, 0.4) is 0 Å². The van der Waals surface area contributed by atoms with E-state index in [1.807, 2.05) is 0 Å². The van der Waals surface area contributed by atoms with E-state index in [1.54, 1.807) is 24.3 Å². The third kappa shape index (κ3) is 3.22. The molecule has 0 fully saturated rings. The third-order valence-corrected chi connectivity index (χ3v) is 3.29. The minimum Gasteiger partial charge on any atom is -0.321 e. The number of anilines is 1. The van der Waals surface area contributed by atoms with Crippen molar-refractivity contribution in [2.45, 2.75) is 0 Å². The number of carbonyl (C=O) groups excluding carboxylic acids is 1. The van der Waals surface area contributed by atoms with Crippen LogP contribution in [-0.2, 0) is 0 Å². The van der Waals surface area contributed by atoms with E-state index in [-0.39, 0.29) is 0 Å². The summed E-state index contributed by atoms with van der Waals surface area (Å²) in [7, 11) is 0. The lowest BCUT2D eigenvalue weighted by molar-refractivity contribution is -0.385. The van der Waals surface area contributed by atoms with Crippen molar-refractivity contribution in [1.29, 1.82) is 0 Å². The first-order valence-electron chi connectivity index (χ1n) is 5.59. The lowest BCUT2D eigenvalue weighted by Crippen LogP contribution is -2.15. The van der Waals surface area contributed by atoms with Gasteiger partial charge in [0, 0.05) is 4.47 Å². The molecule has 108 valence electrons. The molecule has 0 spiro atoms. The molecule has 0 saturated carbocycles. The first kappa shape index (κ1) is 15.0. The van der Waals surface area contributed by atoms with Crippen molar-refractivity contribution in [2.24, 2.45) is 0 Å². The Labute approximate surface area is 125 Å². The second-order valence-electron chi connectivity index (χ2n) is 3.97. The van der Waals surface area contributed by atoms with Gasteiger partial charge in [-0.3, -0.25) is 14.9 Å². The van der Waals surface area contributed by atoms with Crippen molar-refractivity contribution in [1.82, 2.24) is 0 Å². The van der Waals surface area contributed by atoms with Crippen LogP contribution in [0.4, 0.5) is 20.2 Å². The number of amides is 1. The quantitative estimate of drug-likeness (QED) is 0.669. The highest BCUT2D eigenvalue weighted by Gasteiger charge is 2.24. The van der Waals surface area contributed by atoms with Gasteiger partial charge in [0.25, 0.3) is 11.6 Å². The standard InChI is InChI=1S/C13H7BrF2N2O3/c14-8-3-1-2-4-11(8)17-13(19)7-5-9(15)10(16)6-12(7)18(20)21/h1-6H,(H,17,19). The molecule has 0 aromatic heterocycles. The number of nitrogens with one attached hydrogen (secondary N) is 1. The number of nitrogens with zero attached hydrogens (tertiary/aromatic N) is 1. The maximum Gasteiger partial charge on any atom is 0.285 e. The number of hydrogen-bond acceptors (Lipinski definition) is 3. The van der Waals surface area contributed by atoms with Crippen LogP contribution in [0.2, 0.25) is 0 Å². The van der Waals surface area contributed by atoms with Crippen molar-refractivity contribution in [3.05, 3.63) is 68.2 Å². The van der Waals surface area contributed by atoms with E-state index >= 15 is 0 Å². The highest BCUT2D eigenvalue weighted by molar-refractivity contribution is 9.10. The van der Waals surface area contributed by atoms with E-state index in [0.717, 1.165) is 0 Å². The summed E-state index contributed by atoms with van der Waals surface area (Å²) >= 11 is 3.19. The number of para-hydroxylation sites is 1. The molecule has 0 aliphatic carbocycles. The molecule has 0 bridgehead atoms. The van der Waals surface area contributed by atoms with Gasteiger partial charge in [0.15, 0.2) is 11.6 Å². The Balaban J connectivity index is 2.42. The molecule has 2 aromatic carbocycles. The van der Waals surface area contributed by atoms with Gasteiger partial charge in [-0.15, -0.1) is 0 Å². The monoisotopic (exact) mass is 356 g/mol. The van der Waals surface area contributed by atoms with Gasteiger partial charge in [0.2, 0.25) is 0 Å². The average molecular weight is 357 g/mol. The molecule has 2 rings (SSSR count). The van der Waals surface area contributed by atoms with Crippen molar-refractivity contribution in [2.75, 3.05) is 5.32 Å². The predicted octanol–water partition coefficient (Wildman–Crippen LogP) is 3.89. The maximum atomic E-state index is 13.2. The number of nitro groups is 1. The zero-order valence-electron chi connectivity index (χ0n) is 10.3. The van der Waals surface area contributed by atoms with Crippen molar-refractivity contribution >= 4 is 33.2 Å². The predicted molar refractivity (Wildman–Crippen MR) is 75.1 cm³/mol. The van der Waals surface area contributed by atoms with Crippen LogP contribution >= 0.6 is 15.9 Å². The van der Waals surface area contributed by atoms with Gasteiger partial charge in [0.1, 0.15) is 5.56 Å². The summed E-state index contributed by atoms with van der Waals surface area (Å²) in [4.78, 5) is 21.9.